The van der Waals surface area contributed by atoms with E-state index in [0.717, 1.165) is 25.1 Å². The van der Waals surface area contributed by atoms with Gasteiger partial charge in [0, 0.05) is 12.2 Å². The van der Waals surface area contributed by atoms with Crippen molar-refractivity contribution in [1.29, 1.82) is 0 Å². The van der Waals surface area contributed by atoms with Crippen molar-refractivity contribution in [2.75, 3.05) is 35.3 Å². The average Bonchev–Trinajstić information content (AvgIpc) is 3.24. The predicted molar refractivity (Wildman–Crippen MR) is 112 cm³/mol. The number of anilines is 3. The number of hydrogen-bond acceptors (Lipinski definition) is 6. The monoisotopic (exact) mass is 409 g/mol. The summed E-state index contributed by atoms with van der Waals surface area (Å²) in [4.78, 5) is 38.7. The first-order chi connectivity index (χ1) is 14.5. The van der Waals surface area contributed by atoms with Crippen LogP contribution in [0.1, 0.15) is 30.1 Å². The summed E-state index contributed by atoms with van der Waals surface area (Å²) in [5.41, 5.74) is 2.35. The molecule has 8 heteroatoms. The molecular formula is C22H23N3O5. The summed E-state index contributed by atoms with van der Waals surface area (Å²) >= 11 is 0. The van der Waals surface area contributed by atoms with Crippen LogP contribution in [-0.4, -0.2) is 43.6 Å². The molecule has 0 radical (unpaired) electrons. The van der Waals surface area contributed by atoms with Crippen LogP contribution in [0, 0.1) is 0 Å². The molecule has 0 bridgehead atoms. The molecule has 2 N–H and O–H groups in total. The topological polar surface area (TPSA) is 97.0 Å². The van der Waals surface area contributed by atoms with Crippen LogP contribution in [0.4, 0.5) is 17.1 Å². The lowest BCUT2D eigenvalue weighted by atomic mass is 10.1. The van der Waals surface area contributed by atoms with E-state index in [1.165, 1.54) is 0 Å². The molecule has 1 atom stereocenters. The fourth-order valence-electron chi connectivity index (χ4n) is 3.77. The van der Waals surface area contributed by atoms with Gasteiger partial charge in [-0.05, 0) is 62.2 Å². The molecule has 1 saturated heterocycles. The Bertz CT molecular complexity index is 973. The van der Waals surface area contributed by atoms with Gasteiger partial charge in [-0.25, -0.2) is 4.79 Å². The number of rotatable bonds is 6. The standard InChI is InChI=1S/C22H23N3O5/c1-2-29-16-8-6-15(7-9-16)23-20(26)13-30-22(28)14-5-10-18-17(12-14)24-21(27)19-4-3-11-25(18)19/h5-10,12,19H,2-4,11,13H2,1H3,(H,23,26)(H,24,27)/t19-/m0/s1. The van der Waals surface area contributed by atoms with Gasteiger partial charge in [-0.2, -0.15) is 0 Å². The number of nitrogens with one attached hydrogen (secondary N) is 2. The quantitative estimate of drug-likeness (QED) is 0.712. The van der Waals surface area contributed by atoms with Gasteiger partial charge >= 0.3 is 5.97 Å². The molecule has 8 nitrogen and oxygen atoms in total. The lowest BCUT2D eigenvalue weighted by molar-refractivity contribution is -0.119. The number of carbonyl (C=O) groups is 3. The molecule has 2 heterocycles. The first-order valence-electron chi connectivity index (χ1n) is 9.96. The Kier molecular flexibility index (Phi) is 5.56. The second-order valence-corrected chi connectivity index (χ2v) is 7.15. The molecule has 0 saturated carbocycles. The molecule has 2 aromatic rings. The van der Waals surface area contributed by atoms with Crippen molar-refractivity contribution in [2.24, 2.45) is 0 Å². The largest absolute Gasteiger partial charge is 0.494 e. The van der Waals surface area contributed by atoms with Crippen LogP contribution in [0.25, 0.3) is 0 Å². The molecule has 156 valence electrons. The molecule has 2 amide bonds. The van der Waals surface area contributed by atoms with Gasteiger partial charge in [0.25, 0.3) is 5.91 Å². The van der Waals surface area contributed by atoms with Crippen molar-refractivity contribution >= 4 is 34.8 Å². The molecule has 2 aliphatic rings. The first kappa shape index (κ1) is 19.8. The predicted octanol–water partition coefficient (Wildman–Crippen LogP) is 2.80. The number of hydrogen-bond donors (Lipinski definition) is 2. The molecule has 0 aliphatic carbocycles. The molecule has 2 aromatic carbocycles. The Morgan fingerprint density at radius 2 is 2.00 bits per heavy atom. The van der Waals surface area contributed by atoms with Gasteiger partial charge in [0.05, 0.1) is 23.5 Å². The van der Waals surface area contributed by atoms with Crippen LogP contribution in [0.5, 0.6) is 5.75 Å². The highest BCUT2D eigenvalue weighted by Gasteiger charge is 2.36. The Morgan fingerprint density at radius 1 is 1.20 bits per heavy atom. The van der Waals surface area contributed by atoms with Crippen LogP contribution >= 0.6 is 0 Å². The maximum Gasteiger partial charge on any atom is 0.338 e. The number of esters is 1. The summed E-state index contributed by atoms with van der Waals surface area (Å²) in [7, 11) is 0. The molecule has 0 unspecified atom stereocenters. The third-order valence-corrected chi connectivity index (χ3v) is 5.14. The Labute approximate surface area is 174 Å². The number of benzene rings is 2. The van der Waals surface area contributed by atoms with Crippen LogP contribution in [0.15, 0.2) is 42.5 Å². The van der Waals surface area contributed by atoms with Crippen molar-refractivity contribution in [3.63, 3.8) is 0 Å². The zero-order valence-corrected chi connectivity index (χ0v) is 16.6. The van der Waals surface area contributed by atoms with E-state index in [4.69, 9.17) is 9.47 Å². The van der Waals surface area contributed by atoms with Gasteiger partial charge < -0.3 is 25.0 Å². The third kappa shape index (κ3) is 4.07. The Balaban J connectivity index is 1.34. The van der Waals surface area contributed by atoms with E-state index in [2.05, 4.69) is 15.5 Å². The third-order valence-electron chi connectivity index (χ3n) is 5.14. The van der Waals surface area contributed by atoms with E-state index in [1.54, 1.807) is 36.4 Å². The summed E-state index contributed by atoms with van der Waals surface area (Å²) in [5.74, 6) is -0.418. The zero-order valence-electron chi connectivity index (χ0n) is 16.6. The molecule has 2 aliphatic heterocycles. The Hall–Kier alpha value is -3.55. The zero-order chi connectivity index (χ0) is 21.1. The Morgan fingerprint density at radius 3 is 2.77 bits per heavy atom. The molecule has 0 spiro atoms. The number of amides is 2. The summed E-state index contributed by atoms with van der Waals surface area (Å²) in [6.45, 7) is 2.86. The van der Waals surface area contributed by atoms with Gasteiger partial charge in [0.2, 0.25) is 5.91 Å². The molecule has 0 aromatic heterocycles. The van der Waals surface area contributed by atoms with Crippen molar-refractivity contribution in [1.82, 2.24) is 0 Å². The van der Waals surface area contributed by atoms with Gasteiger partial charge in [0.1, 0.15) is 11.8 Å². The highest BCUT2D eigenvalue weighted by Crippen LogP contribution is 2.37. The normalized spacial score (nSPS) is 16.9. The maximum absolute atomic E-state index is 12.4. The second-order valence-electron chi connectivity index (χ2n) is 7.15. The van der Waals surface area contributed by atoms with E-state index >= 15 is 0 Å². The van der Waals surface area contributed by atoms with Crippen LogP contribution in [0.2, 0.25) is 0 Å². The smallest absolute Gasteiger partial charge is 0.338 e. The minimum absolute atomic E-state index is 0.0553. The number of nitrogens with zero attached hydrogens (tertiary/aromatic N) is 1. The summed E-state index contributed by atoms with van der Waals surface area (Å²) < 4.78 is 10.5. The average molecular weight is 409 g/mol. The van der Waals surface area contributed by atoms with Crippen molar-refractivity contribution < 1.29 is 23.9 Å². The van der Waals surface area contributed by atoms with Crippen LogP contribution in [0.3, 0.4) is 0 Å². The van der Waals surface area contributed by atoms with E-state index in [-0.39, 0.29) is 17.5 Å². The lowest BCUT2D eigenvalue weighted by Crippen LogP contribution is -2.43. The van der Waals surface area contributed by atoms with Crippen molar-refractivity contribution in [2.45, 2.75) is 25.8 Å². The molecular weight excluding hydrogens is 386 g/mol. The van der Waals surface area contributed by atoms with Gasteiger partial charge in [-0.3, -0.25) is 9.59 Å². The van der Waals surface area contributed by atoms with Crippen molar-refractivity contribution in [3.05, 3.63) is 48.0 Å². The minimum Gasteiger partial charge on any atom is -0.494 e. The van der Waals surface area contributed by atoms with Gasteiger partial charge in [0.15, 0.2) is 6.61 Å². The summed E-state index contributed by atoms with van der Waals surface area (Å²) in [6.07, 6.45) is 1.79. The second kappa shape index (κ2) is 8.44. The fourth-order valence-corrected chi connectivity index (χ4v) is 3.77. The maximum atomic E-state index is 12.4. The molecule has 30 heavy (non-hydrogen) atoms. The van der Waals surface area contributed by atoms with E-state index in [9.17, 15) is 14.4 Å². The number of ether oxygens (including phenoxy) is 2. The summed E-state index contributed by atoms with van der Waals surface area (Å²) in [6, 6.07) is 11.8. The van der Waals surface area contributed by atoms with Crippen molar-refractivity contribution in [3.8, 4) is 5.75 Å². The van der Waals surface area contributed by atoms with E-state index in [0.29, 0.717) is 23.7 Å². The highest BCUT2D eigenvalue weighted by atomic mass is 16.5. The molecule has 1 fully saturated rings. The SMILES string of the molecule is CCOc1ccc(NC(=O)COC(=O)c2ccc3c(c2)NC(=O)[C@@H]2CCCN32)cc1. The highest BCUT2D eigenvalue weighted by molar-refractivity contribution is 6.05. The molecule has 4 rings (SSSR count). The number of fused-ring (bicyclic) bond motifs is 3. The van der Waals surface area contributed by atoms with Gasteiger partial charge in [-0.15, -0.1) is 0 Å². The van der Waals surface area contributed by atoms with Crippen LogP contribution < -0.4 is 20.3 Å². The van der Waals surface area contributed by atoms with Gasteiger partial charge in [-0.1, -0.05) is 0 Å². The van der Waals surface area contributed by atoms with Crippen LogP contribution in [-0.2, 0) is 14.3 Å². The lowest BCUT2D eigenvalue weighted by Gasteiger charge is -2.33. The minimum atomic E-state index is -0.627. The number of carbonyl (C=O) groups excluding carboxylic acids is 3. The van der Waals surface area contributed by atoms with E-state index < -0.39 is 18.5 Å². The fraction of sp³-hybridized carbons (Fsp3) is 0.318. The first-order valence-corrected chi connectivity index (χ1v) is 9.96. The van der Waals surface area contributed by atoms with E-state index in [1.807, 2.05) is 13.0 Å². The summed E-state index contributed by atoms with van der Waals surface area (Å²) in [5, 5.41) is 5.52.